The average molecular weight is 250 g/mol. The van der Waals surface area contributed by atoms with Gasteiger partial charge in [0.05, 0.1) is 13.5 Å². The summed E-state index contributed by atoms with van der Waals surface area (Å²) in [5.74, 6) is 0.956. The predicted molar refractivity (Wildman–Crippen MR) is 72.6 cm³/mol. The van der Waals surface area contributed by atoms with Crippen LogP contribution in [0.25, 0.3) is 0 Å². The van der Waals surface area contributed by atoms with Crippen LogP contribution in [0.1, 0.15) is 18.9 Å². The summed E-state index contributed by atoms with van der Waals surface area (Å²) < 4.78 is 5.09. The molecule has 1 aromatic rings. The third-order valence-corrected chi connectivity index (χ3v) is 2.88. The standard InChI is InChI=1S/C14H22N2O2/c1-3-16(10-4-9-15)14(17)11-12-5-7-13(18-2)8-6-12/h5-8H,3-4,9-11,15H2,1-2H3. The van der Waals surface area contributed by atoms with Crippen LogP contribution in [0.4, 0.5) is 0 Å². The molecule has 0 radical (unpaired) electrons. The van der Waals surface area contributed by atoms with E-state index in [0.29, 0.717) is 13.0 Å². The summed E-state index contributed by atoms with van der Waals surface area (Å²) in [6.45, 7) is 4.08. The Labute approximate surface area is 109 Å². The maximum absolute atomic E-state index is 12.1. The minimum Gasteiger partial charge on any atom is -0.497 e. The summed E-state index contributed by atoms with van der Waals surface area (Å²) in [6.07, 6.45) is 1.28. The molecule has 0 saturated heterocycles. The van der Waals surface area contributed by atoms with Gasteiger partial charge in [0.15, 0.2) is 0 Å². The molecule has 100 valence electrons. The van der Waals surface area contributed by atoms with Gasteiger partial charge in [-0.25, -0.2) is 0 Å². The van der Waals surface area contributed by atoms with Crippen LogP contribution in [0, 0.1) is 0 Å². The average Bonchev–Trinajstić information content (AvgIpc) is 2.40. The highest BCUT2D eigenvalue weighted by Gasteiger charge is 2.11. The normalized spacial score (nSPS) is 10.2. The van der Waals surface area contributed by atoms with Gasteiger partial charge in [-0.15, -0.1) is 0 Å². The Hall–Kier alpha value is -1.55. The van der Waals surface area contributed by atoms with Gasteiger partial charge in [0.25, 0.3) is 0 Å². The molecule has 1 amide bonds. The molecule has 0 aliphatic heterocycles. The third-order valence-electron chi connectivity index (χ3n) is 2.88. The number of hydrogen-bond acceptors (Lipinski definition) is 3. The van der Waals surface area contributed by atoms with E-state index in [0.717, 1.165) is 30.8 Å². The third kappa shape index (κ3) is 4.37. The first kappa shape index (κ1) is 14.5. The molecule has 0 atom stereocenters. The van der Waals surface area contributed by atoms with Gasteiger partial charge < -0.3 is 15.4 Å². The molecule has 0 fully saturated rings. The number of ether oxygens (including phenoxy) is 1. The summed E-state index contributed by atoms with van der Waals surface area (Å²) in [6, 6.07) is 7.60. The Balaban J connectivity index is 2.55. The SMILES string of the molecule is CCN(CCCN)C(=O)Cc1ccc(OC)cc1. The molecule has 0 aliphatic rings. The number of likely N-dealkylation sites (N-methyl/N-ethyl adjacent to an activating group) is 1. The molecule has 0 heterocycles. The minimum absolute atomic E-state index is 0.149. The Bertz CT molecular complexity index is 363. The predicted octanol–water partition coefficient (Wildman–Crippen LogP) is 1.43. The van der Waals surface area contributed by atoms with Gasteiger partial charge in [0.1, 0.15) is 5.75 Å². The van der Waals surface area contributed by atoms with Crippen molar-refractivity contribution < 1.29 is 9.53 Å². The first-order valence-electron chi connectivity index (χ1n) is 6.32. The Morgan fingerprint density at radius 3 is 2.50 bits per heavy atom. The number of carbonyl (C=O) groups excluding carboxylic acids is 1. The molecule has 18 heavy (non-hydrogen) atoms. The molecular formula is C14H22N2O2. The lowest BCUT2D eigenvalue weighted by molar-refractivity contribution is -0.130. The summed E-state index contributed by atoms with van der Waals surface area (Å²) in [4.78, 5) is 13.9. The first-order chi connectivity index (χ1) is 8.71. The fourth-order valence-corrected chi connectivity index (χ4v) is 1.77. The van der Waals surface area contributed by atoms with Crippen molar-refractivity contribution in [2.45, 2.75) is 19.8 Å². The van der Waals surface area contributed by atoms with Gasteiger partial charge in [-0.2, -0.15) is 0 Å². The molecule has 1 aromatic carbocycles. The number of benzene rings is 1. The lowest BCUT2D eigenvalue weighted by atomic mass is 10.1. The second-order valence-electron chi connectivity index (χ2n) is 4.14. The molecule has 4 heteroatoms. The van der Waals surface area contributed by atoms with Crippen molar-refractivity contribution in [3.05, 3.63) is 29.8 Å². The maximum atomic E-state index is 12.1. The second-order valence-corrected chi connectivity index (χ2v) is 4.14. The molecule has 2 N–H and O–H groups in total. The maximum Gasteiger partial charge on any atom is 0.226 e. The Morgan fingerprint density at radius 1 is 1.33 bits per heavy atom. The van der Waals surface area contributed by atoms with E-state index in [1.807, 2.05) is 36.1 Å². The molecule has 0 aliphatic carbocycles. The molecule has 1 rings (SSSR count). The number of hydrogen-bond donors (Lipinski definition) is 1. The van der Waals surface area contributed by atoms with Gasteiger partial charge in [0.2, 0.25) is 5.91 Å². The largest absolute Gasteiger partial charge is 0.497 e. The highest BCUT2D eigenvalue weighted by molar-refractivity contribution is 5.78. The van der Waals surface area contributed by atoms with Crippen LogP contribution >= 0.6 is 0 Å². The lowest BCUT2D eigenvalue weighted by Gasteiger charge is -2.20. The van der Waals surface area contributed by atoms with Crippen molar-refractivity contribution in [1.82, 2.24) is 4.90 Å². The fraction of sp³-hybridized carbons (Fsp3) is 0.500. The van der Waals surface area contributed by atoms with Crippen molar-refractivity contribution in [2.24, 2.45) is 5.73 Å². The van der Waals surface area contributed by atoms with Crippen molar-refractivity contribution in [3.63, 3.8) is 0 Å². The van der Waals surface area contributed by atoms with E-state index in [1.165, 1.54) is 0 Å². The van der Waals surface area contributed by atoms with Gasteiger partial charge in [0, 0.05) is 13.1 Å². The zero-order valence-corrected chi connectivity index (χ0v) is 11.2. The first-order valence-corrected chi connectivity index (χ1v) is 6.32. The molecule has 0 bridgehead atoms. The highest BCUT2D eigenvalue weighted by atomic mass is 16.5. The zero-order valence-electron chi connectivity index (χ0n) is 11.2. The van der Waals surface area contributed by atoms with E-state index in [9.17, 15) is 4.79 Å². The van der Waals surface area contributed by atoms with Crippen LogP contribution in [-0.4, -0.2) is 37.6 Å². The van der Waals surface area contributed by atoms with E-state index < -0.39 is 0 Å². The highest BCUT2D eigenvalue weighted by Crippen LogP contribution is 2.12. The summed E-state index contributed by atoms with van der Waals surface area (Å²) in [5, 5.41) is 0. The minimum atomic E-state index is 0.149. The van der Waals surface area contributed by atoms with E-state index in [-0.39, 0.29) is 5.91 Å². The summed E-state index contributed by atoms with van der Waals surface area (Å²) >= 11 is 0. The van der Waals surface area contributed by atoms with Crippen LogP contribution < -0.4 is 10.5 Å². The zero-order chi connectivity index (χ0) is 13.4. The lowest BCUT2D eigenvalue weighted by Crippen LogP contribution is -2.33. The molecule has 0 aromatic heterocycles. The van der Waals surface area contributed by atoms with Gasteiger partial charge in [-0.3, -0.25) is 4.79 Å². The summed E-state index contributed by atoms with van der Waals surface area (Å²) in [7, 11) is 1.63. The molecular weight excluding hydrogens is 228 g/mol. The van der Waals surface area contributed by atoms with Crippen molar-refractivity contribution >= 4 is 5.91 Å². The van der Waals surface area contributed by atoms with Crippen LogP contribution in [0.3, 0.4) is 0 Å². The second kappa shape index (κ2) is 7.71. The van der Waals surface area contributed by atoms with Crippen LogP contribution in [0.5, 0.6) is 5.75 Å². The Morgan fingerprint density at radius 2 is 2.00 bits per heavy atom. The summed E-state index contributed by atoms with van der Waals surface area (Å²) in [5.41, 5.74) is 6.47. The molecule has 0 spiro atoms. The van der Waals surface area contributed by atoms with Crippen molar-refractivity contribution in [3.8, 4) is 5.75 Å². The number of carbonyl (C=O) groups is 1. The van der Waals surface area contributed by atoms with E-state index in [2.05, 4.69) is 0 Å². The van der Waals surface area contributed by atoms with Crippen molar-refractivity contribution in [2.75, 3.05) is 26.7 Å². The van der Waals surface area contributed by atoms with Crippen LogP contribution in [0.2, 0.25) is 0 Å². The fourth-order valence-electron chi connectivity index (χ4n) is 1.77. The number of rotatable bonds is 7. The van der Waals surface area contributed by atoms with Gasteiger partial charge in [-0.05, 0) is 37.6 Å². The number of nitrogens with zero attached hydrogens (tertiary/aromatic N) is 1. The van der Waals surface area contributed by atoms with E-state index >= 15 is 0 Å². The van der Waals surface area contributed by atoms with E-state index in [1.54, 1.807) is 7.11 Å². The Kier molecular flexibility index (Phi) is 6.22. The van der Waals surface area contributed by atoms with Crippen LogP contribution in [0.15, 0.2) is 24.3 Å². The number of amides is 1. The van der Waals surface area contributed by atoms with Crippen LogP contribution in [-0.2, 0) is 11.2 Å². The molecule has 0 saturated carbocycles. The number of methoxy groups -OCH3 is 1. The molecule has 0 unspecified atom stereocenters. The monoisotopic (exact) mass is 250 g/mol. The quantitative estimate of drug-likeness (QED) is 0.796. The topological polar surface area (TPSA) is 55.6 Å². The molecule has 4 nitrogen and oxygen atoms in total. The van der Waals surface area contributed by atoms with Gasteiger partial charge >= 0.3 is 0 Å². The van der Waals surface area contributed by atoms with Gasteiger partial charge in [-0.1, -0.05) is 12.1 Å². The van der Waals surface area contributed by atoms with Crippen molar-refractivity contribution in [1.29, 1.82) is 0 Å². The van der Waals surface area contributed by atoms with E-state index in [4.69, 9.17) is 10.5 Å². The number of nitrogens with two attached hydrogens (primary N) is 1. The smallest absolute Gasteiger partial charge is 0.226 e.